The predicted molar refractivity (Wildman–Crippen MR) is 71.9 cm³/mol. The molecule has 3 nitrogen and oxygen atoms in total. The molecule has 0 aromatic carbocycles. The van der Waals surface area contributed by atoms with E-state index in [-0.39, 0.29) is 6.04 Å². The maximum Gasteiger partial charge on any atom is 0.0640 e. The van der Waals surface area contributed by atoms with E-state index in [0.717, 1.165) is 17.9 Å². The molecule has 0 aliphatic carbocycles. The Morgan fingerprint density at radius 2 is 2.06 bits per heavy atom. The molecule has 1 aromatic rings. The van der Waals surface area contributed by atoms with Crippen LogP contribution in [-0.2, 0) is 6.42 Å². The minimum Gasteiger partial charge on any atom is -0.327 e. The highest BCUT2D eigenvalue weighted by Gasteiger charge is 2.08. The summed E-state index contributed by atoms with van der Waals surface area (Å²) in [5.41, 5.74) is 7.17. The fourth-order valence-corrected chi connectivity index (χ4v) is 2.17. The van der Waals surface area contributed by atoms with Crippen LogP contribution in [0.25, 0.3) is 0 Å². The summed E-state index contributed by atoms with van der Waals surface area (Å²) < 4.78 is 1.98. The smallest absolute Gasteiger partial charge is 0.0640 e. The molecule has 0 bridgehead atoms. The minimum absolute atomic E-state index is 0.211. The van der Waals surface area contributed by atoms with Crippen molar-refractivity contribution in [3.8, 4) is 0 Å². The van der Waals surface area contributed by atoms with E-state index in [9.17, 15) is 0 Å². The largest absolute Gasteiger partial charge is 0.327 e. The summed E-state index contributed by atoms with van der Waals surface area (Å²) in [5, 5.41) is 5.16. The molecule has 0 aliphatic rings. The SMILES string of the molecule is CC(C)SCC(N)Cc1ccn(C(C)C)n1. The lowest BCUT2D eigenvalue weighted by Gasteiger charge is -2.11. The highest BCUT2D eigenvalue weighted by Crippen LogP contribution is 2.12. The molecule has 0 aliphatic heterocycles. The second-order valence-corrected chi connectivity index (χ2v) is 6.34. The molecule has 1 rings (SSSR count). The molecule has 0 fully saturated rings. The van der Waals surface area contributed by atoms with Gasteiger partial charge in [-0.15, -0.1) is 0 Å². The van der Waals surface area contributed by atoms with Crippen molar-refractivity contribution in [3.63, 3.8) is 0 Å². The second kappa shape index (κ2) is 6.30. The quantitative estimate of drug-likeness (QED) is 0.832. The van der Waals surface area contributed by atoms with Gasteiger partial charge in [0.2, 0.25) is 0 Å². The number of nitrogens with two attached hydrogens (primary N) is 1. The van der Waals surface area contributed by atoms with Gasteiger partial charge in [0, 0.05) is 30.5 Å². The third-order valence-corrected chi connectivity index (χ3v) is 3.59. The van der Waals surface area contributed by atoms with Crippen LogP contribution in [0.1, 0.15) is 39.4 Å². The monoisotopic (exact) mass is 241 g/mol. The van der Waals surface area contributed by atoms with E-state index in [1.165, 1.54) is 0 Å². The number of hydrogen-bond acceptors (Lipinski definition) is 3. The average Bonchev–Trinajstić information content (AvgIpc) is 2.63. The molecule has 0 amide bonds. The lowest BCUT2D eigenvalue weighted by Crippen LogP contribution is -2.26. The van der Waals surface area contributed by atoms with Crippen LogP contribution in [0.15, 0.2) is 12.3 Å². The lowest BCUT2D eigenvalue weighted by atomic mass is 10.2. The fraction of sp³-hybridized carbons (Fsp3) is 0.750. The molecule has 4 heteroatoms. The highest BCUT2D eigenvalue weighted by molar-refractivity contribution is 7.99. The van der Waals surface area contributed by atoms with E-state index >= 15 is 0 Å². The molecule has 0 spiro atoms. The fourth-order valence-electron chi connectivity index (χ4n) is 1.42. The van der Waals surface area contributed by atoms with Crippen molar-refractivity contribution in [3.05, 3.63) is 18.0 Å². The minimum atomic E-state index is 0.211. The zero-order valence-electron chi connectivity index (χ0n) is 10.7. The molecule has 1 aromatic heterocycles. The van der Waals surface area contributed by atoms with E-state index in [0.29, 0.717) is 11.3 Å². The van der Waals surface area contributed by atoms with E-state index in [2.05, 4.69) is 38.9 Å². The van der Waals surface area contributed by atoms with Crippen molar-refractivity contribution in [2.24, 2.45) is 5.73 Å². The maximum absolute atomic E-state index is 6.07. The molecule has 0 saturated carbocycles. The first-order chi connectivity index (χ1) is 7.49. The lowest BCUT2D eigenvalue weighted by molar-refractivity contribution is 0.523. The molecule has 1 heterocycles. The Bertz CT molecular complexity index is 307. The van der Waals surface area contributed by atoms with Gasteiger partial charge in [0.1, 0.15) is 0 Å². The summed E-state index contributed by atoms with van der Waals surface area (Å²) in [6, 6.07) is 2.71. The van der Waals surface area contributed by atoms with Crippen LogP contribution in [-0.4, -0.2) is 26.8 Å². The Morgan fingerprint density at radius 1 is 1.38 bits per heavy atom. The molecule has 16 heavy (non-hydrogen) atoms. The van der Waals surface area contributed by atoms with Crippen molar-refractivity contribution in [1.29, 1.82) is 0 Å². The summed E-state index contributed by atoms with van der Waals surface area (Å²) in [6.45, 7) is 8.66. The Kier molecular flexibility index (Phi) is 5.35. The standard InChI is InChI=1S/C12H23N3S/c1-9(2)15-6-5-12(14-15)7-11(13)8-16-10(3)4/h5-6,9-11H,7-8,13H2,1-4H3. The van der Waals surface area contributed by atoms with Crippen LogP contribution in [0.2, 0.25) is 0 Å². The van der Waals surface area contributed by atoms with Gasteiger partial charge in [-0.3, -0.25) is 4.68 Å². The maximum atomic E-state index is 6.07. The number of rotatable bonds is 6. The Balaban J connectivity index is 2.40. The third-order valence-electron chi connectivity index (χ3n) is 2.31. The van der Waals surface area contributed by atoms with Crippen LogP contribution in [0.4, 0.5) is 0 Å². The Labute approximate surface area is 103 Å². The summed E-state index contributed by atoms with van der Waals surface area (Å²) in [6.07, 6.45) is 2.90. The first kappa shape index (κ1) is 13.6. The summed E-state index contributed by atoms with van der Waals surface area (Å²) in [4.78, 5) is 0. The van der Waals surface area contributed by atoms with Crippen LogP contribution in [0.5, 0.6) is 0 Å². The van der Waals surface area contributed by atoms with Gasteiger partial charge in [0.25, 0.3) is 0 Å². The summed E-state index contributed by atoms with van der Waals surface area (Å²) in [7, 11) is 0. The first-order valence-corrected chi connectivity index (χ1v) is 6.95. The predicted octanol–water partition coefficient (Wildman–Crippen LogP) is 2.48. The third kappa shape index (κ3) is 4.58. The number of aromatic nitrogens is 2. The summed E-state index contributed by atoms with van der Waals surface area (Å²) in [5.74, 6) is 1.01. The molecular formula is C12H23N3S. The highest BCUT2D eigenvalue weighted by atomic mass is 32.2. The number of hydrogen-bond donors (Lipinski definition) is 1. The van der Waals surface area contributed by atoms with Gasteiger partial charge in [-0.05, 0) is 25.2 Å². The van der Waals surface area contributed by atoms with Gasteiger partial charge in [-0.25, -0.2) is 0 Å². The van der Waals surface area contributed by atoms with Crippen LogP contribution < -0.4 is 5.73 Å². The van der Waals surface area contributed by atoms with Gasteiger partial charge < -0.3 is 5.73 Å². The van der Waals surface area contributed by atoms with Crippen molar-refractivity contribution in [2.75, 3.05) is 5.75 Å². The second-order valence-electron chi connectivity index (χ2n) is 4.73. The summed E-state index contributed by atoms with van der Waals surface area (Å²) >= 11 is 1.91. The topological polar surface area (TPSA) is 43.8 Å². The molecule has 0 radical (unpaired) electrons. The molecular weight excluding hydrogens is 218 g/mol. The first-order valence-electron chi connectivity index (χ1n) is 5.90. The number of thioether (sulfide) groups is 1. The van der Waals surface area contributed by atoms with Crippen LogP contribution in [0.3, 0.4) is 0 Å². The van der Waals surface area contributed by atoms with E-state index in [1.54, 1.807) is 0 Å². The molecule has 1 unspecified atom stereocenters. The van der Waals surface area contributed by atoms with Crippen molar-refractivity contribution in [1.82, 2.24) is 9.78 Å². The molecule has 2 N–H and O–H groups in total. The van der Waals surface area contributed by atoms with Gasteiger partial charge >= 0.3 is 0 Å². The van der Waals surface area contributed by atoms with Gasteiger partial charge in [0.05, 0.1) is 5.69 Å². The van der Waals surface area contributed by atoms with Crippen LogP contribution >= 0.6 is 11.8 Å². The van der Waals surface area contributed by atoms with Crippen LogP contribution in [0, 0.1) is 0 Å². The normalized spacial score (nSPS) is 13.7. The van der Waals surface area contributed by atoms with Gasteiger partial charge in [0.15, 0.2) is 0 Å². The number of nitrogens with zero attached hydrogens (tertiary/aromatic N) is 2. The van der Waals surface area contributed by atoms with Crippen molar-refractivity contribution >= 4 is 11.8 Å². The van der Waals surface area contributed by atoms with E-state index in [4.69, 9.17) is 5.73 Å². The van der Waals surface area contributed by atoms with Crippen molar-refractivity contribution in [2.45, 2.75) is 51.4 Å². The zero-order chi connectivity index (χ0) is 12.1. The average molecular weight is 241 g/mol. The Hall–Kier alpha value is -0.480. The van der Waals surface area contributed by atoms with Crippen molar-refractivity contribution < 1.29 is 0 Å². The molecule has 1 atom stereocenters. The van der Waals surface area contributed by atoms with E-state index in [1.807, 2.05) is 22.6 Å². The Morgan fingerprint density at radius 3 is 2.56 bits per heavy atom. The molecule has 0 saturated heterocycles. The van der Waals surface area contributed by atoms with Gasteiger partial charge in [-0.1, -0.05) is 13.8 Å². The van der Waals surface area contributed by atoms with E-state index < -0.39 is 0 Å². The molecule has 92 valence electrons. The zero-order valence-corrected chi connectivity index (χ0v) is 11.5. The van der Waals surface area contributed by atoms with Gasteiger partial charge in [-0.2, -0.15) is 16.9 Å².